The lowest BCUT2D eigenvalue weighted by atomic mass is 9.88. The molecule has 3 heteroatoms. The van der Waals surface area contributed by atoms with Crippen molar-refractivity contribution in [3.8, 4) is 5.88 Å². The quantitative estimate of drug-likeness (QED) is 0.713. The van der Waals surface area contributed by atoms with Gasteiger partial charge in [0.2, 0.25) is 5.88 Å². The lowest BCUT2D eigenvalue weighted by molar-refractivity contribution is 0.142. The zero-order valence-corrected chi connectivity index (χ0v) is 9.91. The number of nitrogens with zero attached hydrogens (tertiary/aromatic N) is 1. The van der Waals surface area contributed by atoms with Crippen molar-refractivity contribution in [1.29, 1.82) is 0 Å². The van der Waals surface area contributed by atoms with E-state index in [0.29, 0.717) is 19.1 Å². The van der Waals surface area contributed by atoms with Crippen molar-refractivity contribution in [2.24, 2.45) is 0 Å². The third-order valence-electron chi connectivity index (χ3n) is 2.11. The van der Waals surface area contributed by atoms with E-state index in [1.807, 2.05) is 6.07 Å². The van der Waals surface area contributed by atoms with Crippen molar-refractivity contribution < 1.29 is 9.47 Å². The first kappa shape index (κ1) is 12.0. The van der Waals surface area contributed by atoms with Gasteiger partial charge in [-0.1, -0.05) is 26.8 Å². The molecular weight excluding hydrogens is 190 g/mol. The van der Waals surface area contributed by atoms with Gasteiger partial charge in [0.05, 0.1) is 6.61 Å². The molecule has 0 radical (unpaired) electrons. The van der Waals surface area contributed by atoms with E-state index in [-0.39, 0.29) is 5.41 Å². The molecule has 1 aromatic rings. The summed E-state index contributed by atoms with van der Waals surface area (Å²) in [6, 6.07) is 3.99. The summed E-state index contributed by atoms with van der Waals surface area (Å²) in [5.74, 6) is 0.710. The highest BCUT2D eigenvalue weighted by Crippen LogP contribution is 2.28. The molecule has 0 spiro atoms. The Morgan fingerprint density at radius 3 is 2.60 bits per heavy atom. The SMILES string of the molecule is COCCOc1ncccc1C(C)(C)C. The normalized spacial score (nSPS) is 11.5. The Morgan fingerprint density at radius 2 is 2.00 bits per heavy atom. The summed E-state index contributed by atoms with van der Waals surface area (Å²) in [5, 5.41) is 0. The van der Waals surface area contributed by atoms with Gasteiger partial charge in [-0.2, -0.15) is 0 Å². The highest BCUT2D eigenvalue weighted by molar-refractivity contribution is 5.31. The predicted molar refractivity (Wildman–Crippen MR) is 60.3 cm³/mol. The van der Waals surface area contributed by atoms with Crippen LogP contribution in [0.4, 0.5) is 0 Å². The molecule has 0 bridgehead atoms. The Kier molecular flexibility index (Phi) is 4.09. The first-order valence-corrected chi connectivity index (χ1v) is 5.13. The second kappa shape index (κ2) is 5.12. The van der Waals surface area contributed by atoms with Gasteiger partial charge in [-0.3, -0.25) is 0 Å². The minimum Gasteiger partial charge on any atom is -0.475 e. The van der Waals surface area contributed by atoms with Crippen molar-refractivity contribution in [2.45, 2.75) is 26.2 Å². The van der Waals surface area contributed by atoms with Crippen LogP contribution in [0, 0.1) is 0 Å². The van der Waals surface area contributed by atoms with Crippen molar-refractivity contribution >= 4 is 0 Å². The third-order valence-corrected chi connectivity index (χ3v) is 2.11. The van der Waals surface area contributed by atoms with Crippen LogP contribution in [0.3, 0.4) is 0 Å². The molecule has 0 aromatic carbocycles. The third kappa shape index (κ3) is 3.51. The summed E-state index contributed by atoms with van der Waals surface area (Å²) in [5.41, 5.74) is 1.18. The Morgan fingerprint density at radius 1 is 1.27 bits per heavy atom. The predicted octanol–water partition coefficient (Wildman–Crippen LogP) is 2.40. The van der Waals surface area contributed by atoms with Gasteiger partial charge in [0.1, 0.15) is 6.61 Å². The van der Waals surface area contributed by atoms with Crippen molar-refractivity contribution in [2.75, 3.05) is 20.3 Å². The fourth-order valence-electron chi connectivity index (χ4n) is 1.30. The van der Waals surface area contributed by atoms with Crippen LogP contribution in [0.2, 0.25) is 0 Å². The highest BCUT2D eigenvalue weighted by Gasteiger charge is 2.19. The number of methoxy groups -OCH3 is 1. The summed E-state index contributed by atoms with van der Waals surface area (Å²) in [7, 11) is 1.66. The number of pyridine rings is 1. The molecular formula is C12H19NO2. The van der Waals surface area contributed by atoms with Gasteiger partial charge in [-0.25, -0.2) is 4.98 Å². The molecule has 84 valence electrons. The molecule has 1 heterocycles. The largest absolute Gasteiger partial charge is 0.475 e. The summed E-state index contributed by atoms with van der Waals surface area (Å²) >= 11 is 0. The van der Waals surface area contributed by atoms with Crippen molar-refractivity contribution in [1.82, 2.24) is 4.98 Å². The van der Waals surface area contributed by atoms with E-state index in [1.165, 1.54) is 0 Å². The smallest absolute Gasteiger partial charge is 0.217 e. The number of ether oxygens (including phenoxy) is 2. The van der Waals surface area contributed by atoms with Gasteiger partial charge in [0.15, 0.2) is 0 Å². The molecule has 1 rings (SSSR count). The standard InChI is InChI=1S/C12H19NO2/c1-12(2,3)10-6-5-7-13-11(10)15-9-8-14-4/h5-7H,8-9H2,1-4H3. The van der Waals surface area contributed by atoms with E-state index in [4.69, 9.17) is 9.47 Å². The molecule has 15 heavy (non-hydrogen) atoms. The highest BCUT2D eigenvalue weighted by atomic mass is 16.5. The fraction of sp³-hybridized carbons (Fsp3) is 0.583. The number of hydrogen-bond acceptors (Lipinski definition) is 3. The molecule has 0 unspecified atom stereocenters. The first-order valence-electron chi connectivity index (χ1n) is 5.13. The van der Waals surface area contributed by atoms with E-state index < -0.39 is 0 Å². The monoisotopic (exact) mass is 209 g/mol. The van der Waals surface area contributed by atoms with Gasteiger partial charge < -0.3 is 9.47 Å². The van der Waals surface area contributed by atoms with Crippen LogP contribution in [-0.2, 0) is 10.2 Å². The summed E-state index contributed by atoms with van der Waals surface area (Å²) < 4.78 is 10.5. The molecule has 1 aromatic heterocycles. The fourth-order valence-corrected chi connectivity index (χ4v) is 1.30. The minimum absolute atomic E-state index is 0.0522. The van der Waals surface area contributed by atoms with Gasteiger partial charge in [0.25, 0.3) is 0 Å². The zero-order valence-electron chi connectivity index (χ0n) is 9.91. The lowest BCUT2D eigenvalue weighted by Gasteiger charge is -2.21. The van der Waals surface area contributed by atoms with Crippen LogP contribution in [0.5, 0.6) is 5.88 Å². The van der Waals surface area contributed by atoms with Crippen molar-refractivity contribution in [3.05, 3.63) is 23.9 Å². The van der Waals surface area contributed by atoms with Crippen molar-refractivity contribution in [3.63, 3.8) is 0 Å². The van der Waals surface area contributed by atoms with Crippen LogP contribution < -0.4 is 4.74 Å². The molecule has 0 saturated heterocycles. The maximum absolute atomic E-state index is 5.57. The zero-order chi connectivity index (χ0) is 11.3. The molecule has 0 fully saturated rings. The molecule has 0 N–H and O–H groups in total. The van der Waals surface area contributed by atoms with Crippen LogP contribution in [0.15, 0.2) is 18.3 Å². The number of aromatic nitrogens is 1. The minimum atomic E-state index is 0.0522. The Balaban J connectivity index is 2.78. The first-order chi connectivity index (χ1) is 7.05. The molecule has 0 aliphatic heterocycles. The Hall–Kier alpha value is -1.09. The van der Waals surface area contributed by atoms with Gasteiger partial charge in [-0.15, -0.1) is 0 Å². The summed E-state index contributed by atoms with van der Waals surface area (Å²) in [6.07, 6.45) is 1.75. The Labute approximate surface area is 91.4 Å². The molecule has 0 aliphatic carbocycles. The van der Waals surface area contributed by atoms with E-state index in [9.17, 15) is 0 Å². The molecule has 0 aliphatic rings. The lowest BCUT2D eigenvalue weighted by Crippen LogP contribution is -2.15. The molecule has 3 nitrogen and oxygen atoms in total. The average molecular weight is 209 g/mol. The van der Waals surface area contributed by atoms with Crippen LogP contribution in [0.25, 0.3) is 0 Å². The van der Waals surface area contributed by atoms with E-state index in [2.05, 4.69) is 31.8 Å². The van der Waals surface area contributed by atoms with Gasteiger partial charge >= 0.3 is 0 Å². The maximum atomic E-state index is 5.57. The number of rotatable bonds is 4. The molecule has 0 amide bonds. The summed E-state index contributed by atoms with van der Waals surface area (Å²) in [6.45, 7) is 7.56. The number of hydrogen-bond donors (Lipinski definition) is 0. The maximum Gasteiger partial charge on any atom is 0.217 e. The van der Waals surface area contributed by atoms with Crippen LogP contribution >= 0.6 is 0 Å². The van der Waals surface area contributed by atoms with Gasteiger partial charge in [-0.05, 0) is 11.5 Å². The molecule has 0 saturated carbocycles. The molecule has 0 atom stereocenters. The van der Waals surface area contributed by atoms with E-state index in [1.54, 1.807) is 13.3 Å². The second-order valence-corrected chi connectivity index (χ2v) is 4.45. The van der Waals surface area contributed by atoms with E-state index in [0.717, 1.165) is 5.56 Å². The Bertz CT molecular complexity index is 305. The average Bonchev–Trinajstić information content (AvgIpc) is 2.17. The van der Waals surface area contributed by atoms with Crippen LogP contribution in [0.1, 0.15) is 26.3 Å². The topological polar surface area (TPSA) is 31.4 Å². The second-order valence-electron chi connectivity index (χ2n) is 4.45. The summed E-state index contributed by atoms with van der Waals surface area (Å²) in [4.78, 5) is 4.24. The van der Waals surface area contributed by atoms with Crippen LogP contribution in [-0.4, -0.2) is 25.3 Å². The van der Waals surface area contributed by atoms with Gasteiger partial charge in [0, 0.05) is 18.9 Å². The van der Waals surface area contributed by atoms with E-state index >= 15 is 0 Å².